The lowest BCUT2D eigenvalue weighted by Gasteiger charge is -2.26. The standard InChI is InChI=1S/C15H32N4O/c1-5-16-14(17-7-6-15(2,3)4)18-8-9-19-10-12-20-13-11-19/h5-13H2,1-4H3,(H2,16,17,18). The quantitative estimate of drug-likeness (QED) is 0.570. The van der Waals surface area contributed by atoms with Crippen LogP contribution in [0.15, 0.2) is 4.99 Å². The minimum absolute atomic E-state index is 0.342. The largest absolute Gasteiger partial charge is 0.379 e. The number of rotatable bonds is 6. The summed E-state index contributed by atoms with van der Waals surface area (Å²) in [5.41, 5.74) is 0.342. The first kappa shape index (κ1) is 17.2. The Labute approximate surface area is 124 Å². The van der Waals surface area contributed by atoms with E-state index in [1.54, 1.807) is 0 Å². The van der Waals surface area contributed by atoms with Crippen molar-refractivity contribution in [3.63, 3.8) is 0 Å². The highest BCUT2D eigenvalue weighted by molar-refractivity contribution is 5.79. The molecule has 1 aliphatic rings. The van der Waals surface area contributed by atoms with Crippen LogP contribution in [0.2, 0.25) is 0 Å². The average Bonchev–Trinajstić information content (AvgIpc) is 2.38. The molecule has 20 heavy (non-hydrogen) atoms. The van der Waals surface area contributed by atoms with E-state index < -0.39 is 0 Å². The summed E-state index contributed by atoms with van der Waals surface area (Å²) in [6, 6.07) is 0. The molecule has 1 heterocycles. The highest BCUT2D eigenvalue weighted by Crippen LogP contribution is 2.17. The zero-order chi connectivity index (χ0) is 14.8. The van der Waals surface area contributed by atoms with Crippen molar-refractivity contribution in [1.82, 2.24) is 15.5 Å². The zero-order valence-electron chi connectivity index (χ0n) is 13.7. The van der Waals surface area contributed by atoms with Crippen LogP contribution in [0, 0.1) is 5.41 Å². The van der Waals surface area contributed by atoms with E-state index in [-0.39, 0.29) is 0 Å². The molecule has 1 fully saturated rings. The van der Waals surface area contributed by atoms with Gasteiger partial charge < -0.3 is 15.4 Å². The lowest BCUT2D eigenvalue weighted by atomic mass is 9.93. The summed E-state index contributed by atoms with van der Waals surface area (Å²) in [5.74, 6) is 0.935. The molecule has 5 nitrogen and oxygen atoms in total. The van der Waals surface area contributed by atoms with Crippen LogP contribution in [-0.4, -0.2) is 63.3 Å². The third kappa shape index (κ3) is 8.38. The molecule has 0 spiro atoms. The summed E-state index contributed by atoms with van der Waals surface area (Å²) in [7, 11) is 0. The van der Waals surface area contributed by atoms with Crippen LogP contribution in [0.4, 0.5) is 0 Å². The average molecular weight is 284 g/mol. The second-order valence-electron chi connectivity index (χ2n) is 6.45. The minimum Gasteiger partial charge on any atom is -0.379 e. The first-order valence-corrected chi connectivity index (χ1v) is 7.83. The fourth-order valence-electron chi connectivity index (χ4n) is 2.00. The Morgan fingerprint density at radius 1 is 1.20 bits per heavy atom. The van der Waals surface area contributed by atoms with E-state index in [2.05, 4.69) is 48.2 Å². The lowest BCUT2D eigenvalue weighted by molar-refractivity contribution is 0.0389. The van der Waals surface area contributed by atoms with Crippen LogP contribution >= 0.6 is 0 Å². The molecule has 1 rings (SSSR count). The third-order valence-electron chi connectivity index (χ3n) is 3.30. The minimum atomic E-state index is 0.342. The van der Waals surface area contributed by atoms with Crippen LogP contribution in [-0.2, 0) is 4.74 Å². The number of guanidine groups is 1. The smallest absolute Gasteiger partial charge is 0.191 e. The summed E-state index contributed by atoms with van der Waals surface area (Å²) in [5, 5.41) is 6.71. The Morgan fingerprint density at radius 3 is 2.50 bits per heavy atom. The molecule has 2 N–H and O–H groups in total. The predicted octanol–water partition coefficient (Wildman–Crippen LogP) is 1.31. The van der Waals surface area contributed by atoms with Crippen LogP contribution in [0.25, 0.3) is 0 Å². The molecule has 0 aromatic carbocycles. The molecule has 0 aliphatic carbocycles. The van der Waals surface area contributed by atoms with Crippen molar-refractivity contribution in [3.05, 3.63) is 0 Å². The van der Waals surface area contributed by atoms with Gasteiger partial charge >= 0.3 is 0 Å². The van der Waals surface area contributed by atoms with Crippen molar-refractivity contribution in [2.45, 2.75) is 34.1 Å². The van der Waals surface area contributed by atoms with Gasteiger partial charge in [0.1, 0.15) is 0 Å². The Morgan fingerprint density at radius 2 is 1.90 bits per heavy atom. The van der Waals surface area contributed by atoms with Gasteiger partial charge in [0.25, 0.3) is 0 Å². The van der Waals surface area contributed by atoms with Crippen molar-refractivity contribution in [3.8, 4) is 0 Å². The van der Waals surface area contributed by atoms with Crippen LogP contribution in [0.3, 0.4) is 0 Å². The molecule has 0 unspecified atom stereocenters. The molecule has 118 valence electrons. The van der Waals surface area contributed by atoms with E-state index in [0.29, 0.717) is 5.41 Å². The van der Waals surface area contributed by atoms with Gasteiger partial charge in [-0.25, -0.2) is 0 Å². The molecular formula is C15H32N4O. The fourth-order valence-corrected chi connectivity index (χ4v) is 2.00. The molecule has 0 saturated carbocycles. The van der Waals surface area contributed by atoms with Crippen molar-refractivity contribution in [2.24, 2.45) is 10.4 Å². The van der Waals surface area contributed by atoms with Crippen molar-refractivity contribution < 1.29 is 4.74 Å². The zero-order valence-corrected chi connectivity index (χ0v) is 13.7. The highest BCUT2D eigenvalue weighted by Gasteiger charge is 2.10. The van der Waals surface area contributed by atoms with Gasteiger partial charge in [0.05, 0.1) is 13.2 Å². The molecule has 1 aliphatic heterocycles. The summed E-state index contributed by atoms with van der Waals surface area (Å²) < 4.78 is 5.35. The Hall–Kier alpha value is -0.810. The molecule has 0 amide bonds. The normalized spacial score (nSPS) is 18.1. The molecular weight excluding hydrogens is 252 g/mol. The van der Waals surface area contributed by atoms with Gasteiger partial charge in [-0.1, -0.05) is 20.8 Å². The van der Waals surface area contributed by atoms with E-state index >= 15 is 0 Å². The first-order chi connectivity index (χ1) is 9.51. The Bertz CT molecular complexity index is 280. The maximum absolute atomic E-state index is 5.35. The number of aliphatic imine (C=N–C) groups is 1. The van der Waals surface area contributed by atoms with Gasteiger partial charge in [-0.05, 0) is 18.8 Å². The van der Waals surface area contributed by atoms with Gasteiger partial charge in [-0.15, -0.1) is 0 Å². The monoisotopic (exact) mass is 284 g/mol. The topological polar surface area (TPSA) is 48.9 Å². The summed E-state index contributed by atoms with van der Waals surface area (Å²) in [6.07, 6.45) is 1.10. The second kappa shape index (κ2) is 9.19. The fraction of sp³-hybridized carbons (Fsp3) is 0.933. The number of hydrogen-bond donors (Lipinski definition) is 2. The predicted molar refractivity (Wildman–Crippen MR) is 85.3 cm³/mol. The Kier molecular flexibility index (Phi) is 7.92. The maximum atomic E-state index is 5.35. The maximum Gasteiger partial charge on any atom is 0.191 e. The first-order valence-electron chi connectivity index (χ1n) is 7.83. The number of ether oxygens (including phenoxy) is 1. The summed E-state index contributed by atoms with van der Waals surface area (Å²) >= 11 is 0. The third-order valence-corrected chi connectivity index (χ3v) is 3.30. The van der Waals surface area contributed by atoms with E-state index in [0.717, 1.165) is 64.9 Å². The van der Waals surface area contributed by atoms with Crippen molar-refractivity contribution in [2.75, 3.05) is 52.5 Å². The molecule has 0 bridgehead atoms. The molecule has 0 aromatic rings. The number of hydrogen-bond acceptors (Lipinski definition) is 3. The van der Waals surface area contributed by atoms with Crippen LogP contribution < -0.4 is 10.6 Å². The Balaban J connectivity index is 2.24. The number of morpholine rings is 1. The van der Waals surface area contributed by atoms with Crippen LogP contribution in [0.5, 0.6) is 0 Å². The molecule has 0 atom stereocenters. The van der Waals surface area contributed by atoms with Gasteiger partial charge in [0.2, 0.25) is 0 Å². The van der Waals surface area contributed by atoms with Gasteiger partial charge in [-0.3, -0.25) is 9.89 Å². The summed E-state index contributed by atoms with van der Waals surface area (Å²) in [6.45, 7) is 16.4. The number of nitrogens with zero attached hydrogens (tertiary/aromatic N) is 2. The SMILES string of the molecule is CCNC(=NCCC(C)(C)C)NCCN1CCOCC1. The van der Waals surface area contributed by atoms with Crippen molar-refractivity contribution in [1.29, 1.82) is 0 Å². The molecule has 5 heteroatoms. The van der Waals surface area contributed by atoms with Crippen molar-refractivity contribution >= 4 is 5.96 Å². The number of nitrogens with one attached hydrogen (secondary N) is 2. The lowest BCUT2D eigenvalue weighted by Crippen LogP contribution is -2.44. The van der Waals surface area contributed by atoms with Crippen LogP contribution in [0.1, 0.15) is 34.1 Å². The van der Waals surface area contributed by atoms with Gasteiger partial charge in [-0.2, -0.15) is 0 Å². The molecule has 0 aromatic heterocycles. The molecule has 0 radical (unpaired) electrons. The second-order valence-corrected chi connectivity index (χ2v) is 6.45. The molecule has 1 saturated heterocycles. The summed E-state index contributed by atoms with van der Waals surface area (Å²) in [4.78, 5) is 7.06. The van der Waals surface area contributed by atoms with E-state index in [1.807, 2.05) is 0 Å². The van der Waals surface area contributed by atoms with Gasteiger partial charge in [0.15, 0.2) is 5.96 Å². The highest BCUT2D eigenvalue weighted by atomic mass is 16.5. The van der Waals surface area contributed by atoms with E-state index in [9.17, 15) is 0 Å². The van der Waals surface area contributed by atoms with E-state index in [1.165, 1.54) is 0 Å². The van der Waals surface area contributed by atoms with E-state index in [4.69, 9.17) is 4.74 Å². The van der Waals surface area contributed by atoms with Gasteiger partial charge in [0, 0.05) is 39.3 Å².